The Kier molecular flexibility index (Phi) is 5.98. The van der Waals surface area contributed by atoms with Crippen molar-refractivity contribution in [2.45, 2.75) is 17.7 Å². The Morgan fingerprint density at radius 1 is 1.23 bits per heavy atom. The molecule has 2 aromatic rings. The van der Waals surface area contributed by atoms with Gasteiger partial charge >= 0.3 is 0 Å². The number of furan rings is 1. The van der Waals surface area contributed by atoms with Crippen LogP contribution in [0.4, 0.5) is 5.69 Å². The van der Waals surface area contributed by atoms with Gasteiger partial charge in [0.05, 0.1) is 24.5 Å². The lowest BCUT2D eigenvalue weighted by molar-refractivity contribution is -0.116. The highest BCUT2D eigenvalue weighted by molar-refractivity contribution is 7.89. The summed E-state index contributed by atoms with van der Waals surface area (Å²) in [7, 11) is -3.74. The molecule has 1 aliphatic rings. The van der Waals surface area contributed by atoms with E-state index in [2.05, 4.69) is 5.32 Å². The molecule has 0 spiro atoms. The Labute approximate surface area is 156 Å². The Morgan fingerprint density at radius 2 is 2.00 bits per heavy atom. The molecule has 1 saturated heterocycles. The molecule has 0 atom stereocenters. The molecule has 1 N–H and O–H groups in total. The maximum absolute atomic E-state index is 12.8. The maximum Gasteiger partial charge on any atom is 0.244 e. The van der Waals surface area contributed by atoms with Crippen molar-refractivity contribution in [3.63, 3.8) is 0 Å². The molecular weight excluding hydrogens is 380 g/mol. The molecule has 1 aromatic heterocycles. The van der Waals surface area contributed by atoms with Gasteiger partial charge in [0.2, 0.25) is 15.9 Å². The molecule has 1 aliphatic heterocycles. The zero-order valence-electron chi connectivity index (χ0n) is 14.0. The van der Waals surface area contributed by atoms with Crippen LogP contribution in [0.15, 0.2) is 45.9 Å². The van der Waals surface area contributed by atoms with Crippen LogP contribution < -0.4 is 5.32 Å². The van der Waals surface area contributed by atoms with Gasteiger partial charge < -0.3 is 14.5 Å². The number of carbonyl (C=O) groups is 1. The summed E-state index contributed by atoms with van der Waals surface area (Å²) in [5.41, 5.74) is 0.380. The lowest BCUT2D eigenvalue weighted by Gasteiger charge is -2.26. The van der Waals surface area contributed by atoms with Gasteiger partial charge in [-0.2, -0.15) is 4.31 Å². The predicted molar refractivity (Wildman–Crippen MR) is 96.7 cm³/mol. The number of halogens is 1. The number of hydrogen-bond donors (Lipinski definition) is 1. The highest BCUT2D eigenvalue weighted by atomic mass is 35.5. The normalized spacial score (nSPS) is 15.7. The number of carbonyl (C=O) groups excluding carboxylic acids is 1. The van der Waals surface area contributed by atoms with Crippen molar-refractivity contribution < 1.29 is 22.4 Å². The number of rotatable bonds is 6. The number of aryl methyl sites for hydroxylation is 1. The van der Waals surface area contributed by atoms with E-state index in [4.69, 9.17) is 20.8 Å². The lowest BCUT2D eigenvalue weighted by Crippen LogP contribution is -2.40. The number of morpholine rings is 1. The number of nitrogens with one attached hydrogen (secondary N) is 1. The first-order valence-corrected chi connectivity index (χ1v) is 9.98. The molecule has 2 heterocycles. The summed E-state index contributed by atoms with van der Waals surface area (Å²) in [6, 6.07) is 7.98. The van der Waals surface area contributed by atoms with E-state index in [1.54, 1.807) is 24.5 Å². The van der Waals surface area contributed by atoms with Crippen molar-refractivity contribution >= 4 is 33.2 Å². The highest BCUT2D eigenvalue weighted by Gasteiger charge is 2.28. The summed E-state index contributed by atoms with van der Waals surface area (Å²) in [5, 5.41) is 2.82. The molecule has 9 heteroatoms. The third-order valence-electron chi connectivity index (χ3n) is 3.98. The molecule has 26 heavy (non-hydrogen) atoms. The van der Waals surface area contributed by atoms with Crippen molar-refractivity contribution in [2.24, 2.45) is 0 Å². The first-order valence-electron chi connectivity index (χ1n) is 8.16. The third-order valence-corrected chi connectivity index (χ3v) is 6.36. The molecule has 0 bridgehead atoms. The summed E-state index contributed by atoms with van der Waals surface area (Å²) >= 11 is 6.10. The number of sulfonamides is 1. The van der Waals surface area contributed by atoms with Crippen molar-refractivity contribution in [1.29, 1.82) is 0 Å². The van der Waals surface area contributed by atoms with Gasteiger partial charge in [-0.25, -0.2) is 8.42 Å². The van der Waals surface area contributed by atoms with E-state index in [0.717, 1.165) is 0 Å². The quantitative estimate of drug-likeness (QED) is 0.807. The van der Waals surface area contributed by atoms with Crippen LogP contribution in [0.1, 0.15) is 12.2 Å². The van der Waals surface area contributed by atoms with Gasteiger partial charge in [-0.1, -0.05) is 11.6 Å². The van der Waals surface area contributed by atoms with Crippen LogP contribution in [0, 0.1) is 0 Å². The second-order valence-corrected chi connectivity index (χ2v) is 8.10. The average Bonchev–Trinajstić information content (AvgIpc) is 3.16. The molecule has 7 nitrogen and oxygen atoms in total. The van der Waals surface area contributed by atoms with Crippen molar-refractivity contribution in [2.75, 3.05) is 31.6 Å². The minimum absolute atomic E-state index is 0.0232. The van der Waals surface area contributed by atoms with E-state index >= 15 is 0 Å². The molecule has 1 aromatic carbocycles. The minimum atomic E-state index is -3.74. The highest BCUT2D eigenvalue weighted by Crippen LogP contribution is 2.28. The van der Waals surface area contributed by atoms with Crippen LogP contribution in [-0.2, 0) is 26.0 Å². The molecule has 140 valence electrons. The number of benzene rings is 1. The monoisotopic (exact) mass is 398 g/mol. The van der Waals surface area contributed by atoms with Crippen LogP contribution in [0.2, 0.25) is 5.02 Å². The van der Waals surface area contributed by atoms with Crippen LogP contribution in [0.25, 0.3) is 0 Å². The molecule has 1 amide bonds. The minimum Gasteiger partial charge on any atom is -0.469 e. The summed E-state index contributed by atoms with van der Waals surface area (Å²) in [4.78, 5) is 12.1. The van der Waals surface area contributed by atoms with Gasteiger partial charge in [-0.3, -0.25) is 4.79 Å². The molecule has 0 saturated carbocycles. The lowest BCUT2D eigenvalue weighted by atomic mass is 10.2. The topological polar surface area (TPSA) is 88.8 Å². The summed E-state index contributed by atoms with van der Waals surface area (Å²) in [6.45, 7) is 1.25. The van der Waals surface area contributed by atoms with Gasteiger partial charge in [-0.05, 0) is 30.3 Å². The standard InChI is InChI=1S/C17H19ClN2O5S/c18-15-5-3-13(19-17(21)6-4-14-2-1-9-25-14)12-16(15)26(22,23)20-7-10-24-11-8-20/h1-3,5,9,12H,4,6-8,10-11H2,(H,19,21). The van der Waals surface area contributed by atoms with E-state index < -0.39 is 10.0 Å². The molecule has 0 radical (unpaired) electrons. The van der Waals surface area contributed by atoms with Crippen LogP contribution >= 0.6 is 11.6 Å². The second kappa shape index (κ2) is 8.22. The predicted octanol–water partition coefficient (Wildman–Crippen LogP) is 2.53. The van der Waals surface area contributed by atoms with Gasteiger partial charge in [0.15, 0.2) is 0 Å². The van der Waals surface area contributed by atoms with E-state index in [1.807, 2.05) is 0 Å². The molecule has 0 unspecified atom stereocenters. The average molecular weight is 399 g/mol. The number of ether oxygens (including phenoxy) is 1. The van der Waals surface area contributed by atoms with E-state index in [-0.39, 0.29) is 35.3 Å². The SMILES string of the molecule is O=C(CCc1ccco1)Nc1ccc(Cl)c(S(=O)(=O)N2CCOCC2)c1. The summed E-state index contributed by atoms with van der Waals surface area (Å²) in [5.74, 6) is 0.477. The Balaban J connectivity index is 1.71. The Morgan fingerprint density at radius 3 is 2.69 bits per heavy atom. The zero-order chi connectivity index (χ0) is 18.6. The fourth-order valence-electron chi connectivity index (χ4n) is 2.62. The number of anilines is 1. The third kappa shape index (κ3) is 4.45. The molecule has 0 aliphatic carbocycles. The summed E-state index contributed by atoms with van der Waals surface area (Å²) < 4.78 is 37.3. The summed E-state index contributed by atoms with van der Waals surface area (Å²) in [6.07, 6.45) is 2.24. The second-order valence-electron chi connectivity index (χ2n) is 5.79. The first kappa shape index (κ1) is 18.9. The van der Waals surface area contributed by atoms with Gasteiger partial charge in [0.25, 0.3) is 0 Å². The van der Waals surface area contributed by atoms with Gasteiger partial charge in [0.1, 0.15) is 10.7 Å². The Bertz CT molecular complexity index is 861. The number of hydrogen-bond acceptors (Lipinski definition) is 5. The molecule has 3 rings (SSSR count). The van der Waals surface area contributed by atoms with Gasteiger partial charge in [0, 0.05) is 31.6 Å². The molecular formula is C17H19ClN2O5S. The smallest absolute Gasteiger partial charge is 0.244 e. The number of nitrogens with zero attached hydrogens (tertiary/aromatic N) is 1. The zero-order valence-corrected chi connectivity index (χ0v) is 15.6. The van der Waals surface area contributed by atoms with Crippen molar-refractivity contribution in [3.05, 3.63) is 47.4 Å². The Hall–Kier alpha value is -1.87. The largest absolute Gasteiger partial charge is 0.469 e. The van der Waals surface area contributed by atoms with E-state index in [0.29, 0.717) is 31.1 Å². The fraction of sp³-hybridized carbons (Fsp3) is 0.353. The van der Waals surface area contributed by atoms with Crippen LogP contribution in [-0.4, -0.2) is 44.9 Å². The van der Waals surface area contributed by atoms with Crippen LogP contribution in [0.3, 0.4) is 0 Å². The van der Waals surface area contributed by atoms with Crippen molar-refractivity contribution in [1.82, 2.24) is 4.31 Å². The molecule has 1 fully saturated rings. The van der Waals surface area contributed by atoms with Crippen LogP contribution in [0.5, 0.6) is 0 Å². The van der Waals surface area contributed by atoms with Crippen molar-refractivity contribution in [3.8, 4) is 0 Å². The first-order chi connectivity index (χ1) is 12.5. The maximum atomic E-state index is 12.8. The van der Waals surface area contributed by atoms with E-state index in [1.165, 1.54) is 16.4 Å². The fourth-order valence-corrected chi connectivity index (χ4v) is 4.53. The van der Waals surface area contributed by atoms with Gasteiger partial charge in [-0.15, -0.1) is 0 Å². The van der Waals surface area contributed by atoms with E-state index in [9.17, 15) is 13.2 Å². The number of amides is 1.